The molecule has 1 aromatic carbocycles. The fourth-order valence-electron chi connectivity index (χ4n) is 2.25. The van der Waals surface area contributed by atoms with E-state index in [1.807, 2.05) is 30.9 Å². The Kier molecular flexibility index (Phi) is 4.49. The van der Waals surface area contributed by atoms with Crippen LogP contribution in [0.25, 0.3) is 0 Å². The van der Waals surface area contributed by atoms with E-state index >= 15 is 0 Å². The molecule has 0 aliphatic carbocycles. The van der Waals surface area contributed by atoms with Crippen LogP contribution in [-0.4, -0.2) is 42.7 Å². The number of nitrogens with two attached hydrogens (primary N) is 1. The Morgan fingerprint density at radius 3 is 3.00 bits per heavy atom. The highest BCUT2D eigenvalue weighted by Gasteiger charge is 2.29. The van der Waals surface area contributed by atoms with Crippen LogP contribution >= 0.6 is 0 Å². The van der Waals surface area contributed by atoms with Gasteiger partial charge >= 0.3 is 0 Å². The van der Waals surface area contributed by atoms with Crippen LogP contribution < -0.4 is 10.5 Å². The molecule has 0 spiro atoms. The van der Waals surface area contributed by atoms with Gasteiger partial charge in [0.05, 0.1) is 25.2 Å². The maximum absolute atomic E-state index is 12.1. The standard InChI is InChI=1S/C15H22N2O3/c1-15(2)11-17(7-9-20-15)14(18)6-8-19-13-5-3-4-12(16)10-13/h3-5,10H,6-9,11,16H2,1-2H3. The lowest BCUT2D eigenvalue weighted by Gasteiger charge is -2.38. The third-order valence-corrected chi connectivity index (χ3v) is 3.22. The molecule has 1 fully saturated rings. The van der Waals surface area contributed by atoms with E-state index in [0.717, 1.165) is 0 Å². The van der Waals surface area contributed by atoms with E-state index in [4.69, 9.17) is 15.2 Å². The zero-order valence-corrected chi connectivity index (χ0v) is 12.1. The molecule has 0 unspecified atom stereocenters. The number of hydrogen-bond donors (Lipinski definition) is 1. The maximum Gasteiger partial charge on any atom is 0.226 e. The number of carbonyl (C=O) groups is 1. The summed E-state index contributed by atoms with van der Waals surface area (Å²) in [6.07, 6.45) is 0.366. The maximum atomic E-state index is 12.1. The van der Waals surface area contributed by atoms with Crippen molar-refractivity contribution in [1.29, 1.82) is 0 Å². The van der Waals surface area contributed by atoms with Gasteiger partial charge in [0.1, 0.15) is 5.75 Å². The summed E-state index contributed by atoms with van der Waals surface area (Å²) in [6.45, 7) is 6.23. The van der Waals surface area contributed by atoms with Gasteiger partial charge in [-0.25, -0.2) is 0 Å². The summed E-state index contributed by atoms with van der Waals surface area (Å²) >= 11 is 0. The molecule has 1 saturated heterocycles. The Bertz CT molecular complexity index is 474. The molecule has 2 rings (SSSR count). The molecule has 0 atom stereocenters. The zero-order chi connectivity index (χ0) is 14.6. The SMILES string of the molecule is CC1(C)CN(C(=O)CCOc2cccc(N)c2)CCO1. The van der Waals surface area contributed by atoms with E-state index in [0.29, 0.717) is 44.2 Å². The van der Waals surface area contributed by atoms with Gasteiger partial charge in [0.2, 0.25) is 5.91 Å². The van der Waals surface area contributed by atoms with Crippen molar-refractivity contribution in [3.63, 3.8) is 0 Å². The summed E-state index contributed by atoms with van der Waals surface area (Å²) in [5.41, 5.74) is 6.06. The van der Waals surface area contributed by atoms with Gasteiger partial charge in [0, 0.05) is 24.8 Å². The number of benzene rings is 1. The first-order chi connectivity index (χ1) is 9.46. The van der Waals surface area contributed by atoms with Crippen LogP contribution in [0.5, 0.6) is 5.75 Å². The molecule has 1 amide bonds. The molecule has 0 bridgehead atoms. The van der Waals surface area contributed by atoms with E-state index < -0.39 is 0 Å². The topological polar surface area (TPSA) is 64.8 Å². The second-order valence-electron chi connectivity index (χ2n) is 5.59. The Balaban J connectivity index is 1.78. The van der Waals surface area contributed by atoms with Crippen molar-refractivity contribution in [3.05, 3.63) is 24.3 Å². The Labute approximate surface area is 119 Å². The molecule has 5 heteroatoms. The van der Waals surface area contributed by atoms with Gasteiger partial charge in [-0.15, -0.1) is 0 Å². The monoisotopic (exact) mass is 278 g/mol. The minimum atomic E-state index is -0.261. The van der Waals surface area contributed by atoms with Crippen molar-refractivity contribution in [2.24, 2.45) is 0 Å². The van der Waals surface area contributed by atoms with E-state index in [2.05, 4.69) is 0 Å². The Morgan fingerprint density at radius 2 is 2.30 bits per heavy atom. The molecular weight excluding hydrogens is 256 g/mol. The average molecular weight is 278 g/mol. The van der Waals surface area contributed by atoms with Crippen molar-refractivity contribution in [2.45, 2.75) is 25.9 Å². The van der Waals surface area contributed by atoms with Crippen molar-refractivity contribution in [1.82, 2.24) is 4.90 Å². The first-order valence-electron chi connectivity index (χ1n) is 6.86. The number of rotatable bonds is 4. The number of morpholine rings is 1. The summed E-state index contributed by atoms with van der Waals surface area (Å²) in [4.78, 5) is 13.9. The van der Waals surface area contributed by atoms with Gasteiger partial charge < -0.3 is 20.1 Å². The summed E-state index contributed by atoms with van der Waals surface area (Å²) in [5.74, 6) is 0.797. The molecule has 0 aromatic heterocycles. The summed E-state index contributed by atoms with van der Waals surface area (Å²) in [6, 6.07) is 7.21. The third-order valence-electron chi connectivity index (χ3n) is 3.22. The minimum Gasteiger partial charge on any atom is -0.493 e. The van der Waals surface area contributed by atoms with E-state index in [1.54, 1.807) is 12.1 Å². The van der Waals surface area contributed by atoms with E-state index in [-0.39, 0.29) is 11.5 Å². The predicted molar refractivity (Wildman–Crippen MR) is 77.6 cm³/mol. The van der Waals surface area contributed by atoms with Crippen molar-refractivity contribution in [2.75, 3.05) is 32.0 Å². The second kappa shape index (κ2) is 6.13. The molecular formula is C15H22N2O3. The molecule has 1 aliphatic rings. The molecule has 0 radical (unpaired) electrons. The van der Waals surface area contributed by atoms with Crippen LogP contribution in [0.3, 0.4) is 0 Å². The first-order valence-corrected chi connectivity index (χ1v) is 6.86. The van der Waals surface area contributed by atoms with E-state index in [9.17, 15) is 4.79 Å². The van der Waals surface area contributed by atoms with Crippen LogP contribution in [0.15, 0.2) is 24.3 Å². The zero-order valence-electron chi connectivity index (χ0n) is 12.1. The molecule has 1 aromatic rings. The number of nitrogens with zero attached hydrogens (tertiary/aromatic N) is 1. The minimum absolute atomic E-state index is 0.102. The van der Waals surface area contributed by atoms with Gasteiger partial charge in [-0.2, -0.15) is 0 Å². The smallest absolute Gasteiger partial charge is 0.226 e. The van der Waals surface area contributed by atoms with Gasteiger partial charge in [-0.3, -0.25) is 4.79 Å². The van der Waals surface area contributed by atoms with Crippen LogP contribution in [0, 0.1) is 0 Å². The molecule has 1 heterocycles. The number of amides is 1. The summed E-state index contributed by atoms with van der Waals surface area (Å²) in [7, 11) is 0. The molecule has 2 N–H and O–H groups in total. The number of hydrogen-bond acceptors (Lipinski definition) is 4. The highest BCUT2D eigenvalue weighted by Crippen LogP contribution is 2.18. The molecule has 1 aliphatic heterocycles. The quantitative estimate of drug-likeness (QED) is 0.851. The summed E-state index contributed by atoms with van der Waals surface area (Å²) < 4.78 is 11.1. The number of ether oxygens (including phenoxy) is 2. The second-order valence-corrected chi connectivity index (χ2v) is 5.59. The highest BCUT2D eigenvalue weighted by atomic mass is 16.5. The number of nitrogen functional groups attached to an aromatic ring is 1. The van der Waals surface area contributed by atoms with Crippen molar-refractivity contribution in [3.8, 4) is 5.75 Å². The average Bonchev–Trinajstić information content (AvgIpc) is 2.37. The van der Waals surface area contributed by atoms with Crippen LogP contribution in [0.4, 0.5) is 5.69 Å². The van der Waals surface area contributed by atoms with Gasteiger partial charge in [-0.1, -0.05) is 6.07 Å². The molecule has 5 nitrogen and oxygen atoms in total. The normalized spacial score (nSPS) is 17.8. The lowest BCUT2D eigenvalue weighted by Crippen LogP contribution is -2.50. The lowest BCUT2D eigenvalue weighted by atomic mass is 10.1. The van der Waals surface area contributed by atoms with Gasteiger partial charge in [0.25, 0.3) is 0 Å². The number of anilines is 1. The fraction of sp³-hybridized carbons (Fsp3) is 0.533. The fourth-order valence-corrected chi connectivity index (χ4v) is 2.25. The number of carbonyl (C=O) groups excluding carboxylic acids is 1. The molecule has 110 valence electrons. The van der Waals surface area contributed by atoms with Crippen LogP contribution in [0.2, 0.25) is 0 Å². The van der Waals surface area contributed by atoms with Crippen LogP contribution in [0.1, 0.15) is 20.3 Å². The lowest BCUT2D eigenvalue weighted by molar-refractivity contribution is -0.146. The first kappa shape index (κ1) is 14.7. The molecule has 0 saturated carbocycles. The van der Waals surface area contributed by atoms with Gasteiger partial charge in [0.15, 0.2) is 0 Å². The van der Waals surface area contributed by atoms with Gasteiger partial charge in [-0.05, 0) is 26.0 Å². The van der Waals surface area contributed by atoms with Crippen molar-refractivity contribution >= 4 is 11.6 Å². The highest BCUT2D eigenvalue weighted by molar-refractivity contribution is 5.76. The van der Waals surface area contributed by atoms with Crippen LogP contribution in [-0.2, 0) is 9.53 Å². The predicted octanol–water partition coefficient (Wildman–Crippen LogP) is 1.68. The molecule has 20 heavy (non-hydrogen) atoms. The summed E-state index contributed by atoms with van der Waals surface area (Å²) in [5, 5.41) is 0. The van der Waals surface area contributed by atoms with E-state index in [1.165, 1.54) is 0 Å². The Morgan fingerprint density at radius 1 is 1.50 bits per heavy atom. The largest absolute Gasteiger partial charge is 0.493 e. The third kappa shape index (κ3) is 4.13. The Hall–Kier alpha value is -1.75. The van der Waals surface area contributed by atoms with Crippen molar-refractivity contribution < 1.29 is 14.3 Å².